The van der Waals surface area contributed by atoms with Crippen LogP contribution in [-0.2, 0) is 14.3 Å². The van der Waals surface area contributed by atoms with Crippen molar-refractivity contribution in [3.63, 3.8) is 0 Å². The van der Waals surface area contributed by atoms with E-state index < -0.39 is 5.54 Å². The summed E-state index contributed by atoms with van der Waals surface area (Å²) in [4.78, 5) is 11.8. The third-order valence-electron chi connectivity index (χ3n) is 3.38. The number of methoxy groups -OCH3 is 1. The first-order valence-corrected chi connectivity index (χ1v) is 6.50. The Balaban J connectivity index is 2.48. The third kappa shape index (κ3) is 3.96. The van der Waals surface area contributed by atoms with Crippen molar-refractivity contribution in [1.82, 2.24) is 5.32 Å². The number of hydrogen-bond donors (Lipinski definition) is 1. The molecule has 0 aromatic carbocycles. The molecule has 1 saturated carbocycles. The molecule has 1 aliphatic rings. The lowest BCUT2D eigenvalue weighted by molar-refractivity contribution is -0.150. The van der Waals surface area contributed by atoms with Gasteiger partial charge in [-0.3, -0.25) is 4.79 Å². The van der Waals surface area contributed by atoms with E-state index in [-0.39, 0.29) is 12.1 Å². The second-order valence-corrected chi connectivity index (χ2v) is 5.06. The molecule has 0 saturated heterocycles. The fraction of sp³-hybridized carbons (Fsp3) is 0.923. The number of likely N-dealkylation sites (N-methyl/N-ethyl adjacent to an activating group) is 1. The van der Waals surface area contributed by atoms with Crippen LogP contribution in [0.15, 0.2) is 0 Å². The largest absolute Gasteiger partial charge is 0.468 e. The van der Waals surface area contributed by atoms with Crippen LogP contribution in [0.3, 0.4) is 0 Å². The normalized spacial score (nSPS) is 21.4. The van der Waals surface area contributed by atoms with E-state index in [1.54, 1.807) is 0 Å². The number of hydrogen-bond acceptors (Lipinski definition) is 4. The standard InChI is InChI=1S/C13H25NO3/c1-5-14-13(3,12(15)16-4)9-10(2)17-11-7-6-8-11/h10-11,14H,5-9H2,1-4H3. The van der Waals surface area contributed by atoms with Gasteiger partial charge < -0.3 is 14.8 Å². The number of nitrogens with one attached hydrogen (secondary N) is 1. The minimum Gasteiger partial charge on any atom is -0.468 e. The first-order valence-electron chi connectivity index (χ1n) is 6.50. The lowest BCUT2D eigenvalue weighted by Gasteiger charge is -2.34. The van der Waals surface area contributed by atoms with Crippen LogP contribution in [0.1, 0.15) is 46.5 Å². The molecule has 4 heteroatoms. The average Bonchev–Trinajstić information content (AvgIpc) is 2.22. The highest BCUT2D eigenvalue weighted by atomic mass is 16.5. The quantitative estimate of drug-likeness (QED) is 0.694. The molecule has 17 heavy (non-hydrogen) atoms. The summed E-state index contributed by atoms with van der Waals surface area (Å²) in [6.45, 7) is 6.63. The fourth-order valence-electron chi connectivity index (χ4n) is 2.30. The van der Waals surface area contributed by atoms with E-state index in [2.05, 4.69) is 5.32 Å². The van der Waals surface area contributed by atoms with E-state index in [0.29, 0.717) is 12.5 Å². The summed E-state index contributed by atoms with van der Waals surface area (Å²) in [6.07, 6.45) is 4.68. The highest BCUT2D eigenvalue weighted by Crippen LogP contribution is 2.26. The molecule has 0 radical (unpaired) electrons. The Morgan fingerprint density at radius 1 is 1.53 bits per heavy atom. The topological polar surface area (TPSA) is 47.6 Å². The monoisotopic (exact) mass is 243 g/mol. The van der Waals surface area contributed by atoms with Crippen LogP contribution in [0.2, 0.25) is 0 Å². The van der Waals surface area contributed by atoms with E-state index in [9.17, 15) is 4.79 Å². The van der Waals surface area contributed by atoms with Crippen molar-refractivity contribution >= 4 is 5.97 Å². The first kappa shape index (κ1) is 14.5. The minimum absolute atomic E-state index is 0.0726. The average molecular weight is 243 g/mol. The number of carbonyl (C=O) groups is 1. The highest BCUT2D eigenvalue weighted by Gasteiger charge is 2.36. The second kappa shape index (κ2) is 6.36. The van der Waals surface area contributed by atoms with Gasteiger partial charge in [-0.25, -0.2) is 0 Å². The molecule has 0 spiro atoms. The van der Waals surface area contributed by atoms with Crippen molar-refractivity contribution in [3.8, 4) is 0 Å². The van der Waals surface area contributed by atoms with Gasteiger partial charge in [0.05, 0.1) is 19.3 Å². The molecule has 2 atom stereocenters. The Labute approximate surface area is 104 Å². The van der Waals surface area contributed by atoms with Crippen molar-refractivity contribution in [2.24, 2.45) is 0 Å². The van der Waals surface area contributed by atoms with Gasteiger partial charge in [-0.2, -0.15) is 0 Å². The van der Waals surface area contributed by atoms with Crippen LogP contribution in [0.5, 0.6) is 0 Å². The summed E-state index contributed by atoms with van der Waals surface area (Å²) >= 11 is 0. The molecule has 1 rings (SSSR count). The molecule has 1 N–H and O–H groups in total. The Bertz CT molecular complexity index is 253. The number of carbonyl (C=O) groups excluding carboxylic acids is 1. The molecule has 0 amide bonds. The molecule has 0 heterocycles. The fourth-order valence-corrected chi connectivity index (χ4v) is 2.30. The van der Waals surface area contributed by atoms with Crippen molar-refractivity contribution in [2.75, 3.05) is 13.7 Å². The van der Waals surface area contributed by atoms with E-state index >= 15 is 0 Å². The maximum absolute atomic E-state index is 11.8. The van der Waals surface area contributed by atoms with Gasteiger partial charge in [0.2, 0.25) is 0 Å². The van der Waals surface area contributed by atoms with Crippen molar-refractivity contribution in [3.05, 3.63) is 0 Å². The van der Waals surface area contributed by atoms with Gasteiger partial charge in [0.15, 0.2) is 0 Å². The predicted octanol–water partition coefficient (Wildman–Crippen LogP) is 1.88. The predicted molar refractivity (Wildman–Crippen MR) is 66.9 cm³/mol. The lowest BCUT2D eigenvalue weighted by atomic mass is 9.93. The molecule has 1 aliphatic carbocycles. The molecule has 100 valence electrons. The van der Waals surface area contributed by atoms with Gasteiger partial charge in [0.25, 0.3) is 0 Å². The smallest absolute Gasteiger partial charge is 0.325 e. The van der Waals surface area contributed by atoms with Gasteiger partial charge in [-0.05, 0) is 39.7 Å². The van der Waals surface area contributed by atoms with Gasteiger partial charge in [0.1, 0.15) is 5.54 Å². The van der Waals surface area contributed by atoms with Gasteiger partial charge in [-0.15, -0.1) is 0 Å². The highest BCUT2D eigenvalue weighted by molar-refractivity contribution is 5.80. The Hall–Kier alpha value is -0.610. The lowest BCUT2D eigenvalue weighted by Crippen LogP contribution is -2.52. The zero-order chi connectivity index (χ0) is 12.9. The summed E-state index contributed by atoms with van der Waals surface area (Å²) in [7, 11) is 1.43. The molecule has 2 unspecified atom stereocenters. The van der Waals surface area contributed by atoms with Crippen molar-refractivity contribution < 1.29 is 14.3 Å². The second-order valence-electron chi connectivity index (χ2n) is 5.06. The summed E-state index contributed by atoms with van der Waals surface area (Å²) in [6, 6.07) is 0. The zero-order valence-corrected chi connectivity index (χ0v) is 11.4. The SMILES string of the molecule is CCNC(C)(CC(C)OC1CCC1)C(=O)OC. The van der Waals surface area contributed by atoms with Crippen LogP contribution < -0.4 is 5.32 Å². The van der Waals surface area contributed by atoms with Gasteiger partial charge in [-0.1, -0.05) is 6.92 Å². The summed E-state index contributed by atoms with van der Waals surface area (Å²) in [5, 5.41) is 3.20. The van der Waals surface area contributed by atoms with Crippen LogP contribution in [0.25, 0.3) is 0 Å². The van der Waals surface area contributed by atoms with E-state index in [1.165, 1.54) is 13.5 Å². The third-order valence-corrected chi connectivity index (χ3v) is 3.38. The van der Waals surface area contributed by atoms with Crippen LogP contribution >= 0.6 is 0 Å². The summed E-state index contributed by atoms with van der Waals surface area (Å²) in [5.74, 6) is -0.219. The Morgan fingerprint density at radius 3 is 2.59 bits per heavy atom. The van der Waals surface area contributed by atoms with E-state index in [4.69, 9.17) is 9.47 Å². The van der Waals surface area contributed by atoms with Crippen LogP contribution in [-0.4, -0.2) is 37.4 Å². The van der Waals surface area contributed by atoms with Gasteiger partial charge in [0, 0.05) is 6.42 Å². The molecule has 1 fully saturated rings. The number of esters is 1. The molecule has 0 aromatic rings. The molecule has 0 aromatic heterocycles. The molecular formula is C13H25NO3. The first-order chi connectivity index (χ1) is 8.01. The molecular weight excluding hydrogens is 218 g/mol. The van der Waals surface area contributed by atoms with Gasteiger partial charge >= 0.3 is 5.97 Å². The summed E-state index contributed by atoms with van der Waals surface area (Å²) < 4.78 is 10.7. The molecule has 0 bridgehead atoms. The maximum Gasteiger partial charge on any atom is 0.325 e. The number of rotatable bonds is 7. The Morgan fingerprint density at radius 2 is 2.18 bits per heavy atom. The van der Waals surface area contributed by atoms with Crippen LogP contribution in [0.4, 0.5) is 0 Å². The van der Waals surface area contributed by atoms with Crippen molar-refractivity contribution in [1.29, 1.82) is 0 Å². The van der Waals surface area contributed by atoms with E-state index in [0.717, 1.165) is 19.4 Å². The zero-order valence-electron chi connectivity index (χ0n) is 11.4. The number of ether oxygens (including phenoxy) is 2. The molecule has 4 nitrogen and oxygen atoms in total. The van der Waals surface area contributed by atoms with E-state index in [1.807, 2.05) is 20.8 Å². The summed E-state index contributed by atoms with van der Waals surface area (Å²) in [5.41, 5.74) is -0.646. The Kier molecular flexibility index (Phi) is 5.40. The molecule has 0 aliphatic heterocycles. The van der Waals surface area contributed by atoms with Crippen LogP contribution in [0, 0.1) is 0 Å². The maximum atomic E-state index is 11.8. The van der Waals surface area contributed by atoms with Crippen molar-refractivity contribution in [2.45, 2.75) is 64.2 Å². The minimum atomic E-state index is -0.646.